The van der Waals surface area contributed by atoms with Crippen molar-refractivity contribution in [3.05, 3.63) is 36.0 Å². The van der Waals surface area contributed by atoms with E-state index in [2.05, 4.69) is 26.8 Å². The molecule has 2 aliphatic carbocycles. The molecule has 2 aliphatic heterocycles. The molecule has 3 fully saturated rings. The van der Waals surface area contributed by atoms with Crippen molar-refractivity contribution >= 4 is 5.97 Å². The van der Waals surface area contributed by atoms with E-state index in [4.69, 9.17) is 14.2 Å². The largest absolute Gasteiger partial charge is 0.456 e. The maximum absolute atomic E-state index is 12.4. The molecular weight excluding hydrogens is 332 g/mol. The molecule has 2 heterocycles. The number of rotatable bonds is 3. The maximum Gasteiger partial charge on any atom is 0.331 e. The Balaban J connectivity index is 1.71. The molecule has 0 unspecified atom stereocenters. The van der Waals surface area contributed by atoms with Gasteiger partial charge in [0.25, 0.3) is 0 Å². The van der Waals surface area contributed by atoms with E-state index in [1.165, 1.54) is 11.6 Å². The second kappa shape index (κ2) is 5.78. The Morgan fingerprint density at radius 3 is 2.77 bits per heavy atom. The summed E-state index contributed by atoms with van der Waals surface area (Å²) >= 11 is 0. The summed E-state index contributed by atoms with van der Waals surface area (Å²) in [5, 5.41) is 11.0. The highest BCUT2D eigenvalue weighted by Crippen LogP contribution is 2.71. The number of hydrogen-bond acceptors (Lipinski definition) is 5. The fourth-order valence-electron chi connectivity index (χ4n) is 5.48. The summed E-state index contributed by atoms with van der Waals surface area (Å²) in [6, 6.07) is 0. The van der Waals surface area contributed by atoms with Gasteiger partial charge in [-0.2, -0.15) is 0 Å². The standard InChI is InChI=1S/C21H28O5/c1-5-6-7-8-15(22)26-17-16(23)18-21(12-24-21)20(17,4)19(3)10-9-13(2)11-14(19)25-18/h5-8,11,14,16-18,23H,9-10,12H2,1-4H3/b6-5+,8-7-/t14-,16-,17-,18-,19+,20-,21+/m1/s1. The van der Waals surface area contributed by atoms with Gasteiger partial charge in [0, 0.05) is 16.9 Å². The molecule has 1 saturated carbocycles. The summed E-state index contributed by atoms with van der Waals surface area (Å²) in [5.74, 6) is -0.445. The van der Waals surface area contributed by atoms with E-state index in [-0.39, 0.29) is 11.5 Å². The van der Waals surface area contributed by atoms with Gasteiger partial charge in [-0.05, 0) is 26.7 Å². The van der Waals surface area contributed by atoms with E-state index < -0.39 is 35.3 Å². The molecule has 1 N–H and O–H groups in total. The van der Waals surface area contributed by atoms with Crippen LogP contribution >= 0.6 is 0 Å². The Morgan fingerprint density at radius 2 is 2.12 bits per heavy atom. The predicted molar refractivity (Wildman–Crippen MR) is 96.4 cm³/mol. The summed E-state index contributed by atoms with van der Waals surface area (Å²) in [4.78, 5) is 12.4. The van der Waals surface area contributed by atoms with Gasteiger partial charge in [0.1, 0.15) is 23.9 Å². The van der Waals surface area contributed by atoms with E-state index in [1.54, 1.807) is 12.2 Å². The lowest BCUT2D eigenvalue weighted by Gasteiger charge is -2.57. The molecular formula is C21H28O5. The normalized spacial score (nSPS) is 49.5. The SMILES string of the molecule is C/C=C/C=C\C(=O)O[C@@H]1[C@@H](O)[C@H]2O[C@@H]3C=C(C)CC[C@]3(C)[C@]1(C)[C@]21CO1. The second-order valence-corrected chi connectivity index (χ2v) is 8.52. The van der Waals surface area contributed by atoms with Crippen LogP contribution in [0.1, 0.15) is 40.5 Å². The van der Waals surface area contributed by atoms with Crippen LogP contribution in [0, 0.1) is 10.8 Å². The number of carbonyl (C=O) groups excluding carboxylic acids is 1. The molecule has 4 aliphatic rings. The molecule has 0 aromatic carbocycles. The minimum absolute atomic E-state index is 0.0991. The summed E-state index contributed by atoms with van der Waals surface area (Å²) in [7, 11) is 0. The monoisotopic (exact) mass is 360 g/mol. The first-order chi connectivity index (χ1) is 12.3. The molecule has 2 saturated heterocycles. The Morgan fingerprint density at radius 1 is 1.38 bits per heavy atom. The number of esters is 1. The van der Waals surface area contributed by atoms with Crippen molar-refractivity contribution in [1.82, 2.24) is 0 Å². The molecule has 5 nitrogen and oxygen atoms in total. The van der Waals surface area contributed by atoms with Gasteiger partial charge in [-0.15, -0.1) is 0 Å². The number of allylic oxidation sites excluding steroid dienone is 4. The summed E-state index contributed by atoms with van der Waals surface area (Å²) < 4.78 is 18.1. The van der Waals surface area contributed by atoms with Gasteiger partial charge >= 0.3 is 5.97 Å². The van der Waals surface area contributed by atoms with Gasteiger partial charge in [-0.25, -0.2) is 4.79 Å². The summed E-state index contributed by atoms with van der Waals surface area (Å²) in [6.07, 6.45) is 8.61. The topological polar surface area (TPSA) is 68.3 Å². The molecule has 1 spiro atoms. The van der Waals surface area contributed by atoms with Gasteiger partial charge < -0.3 is 19.3 Å². The average Bonchev–Trinajstić information content (AvgIpc) is 3.38. The minimum atomic E-state index is -0.891. The second-order valence-electron chi connectivity index (χ2n) is 8.52. The number of hydrogen-bond donors (Lipinski definition) is 1. The third-order valence-corrected chi connectivity index (χ3v) is 7.34. The predicted octanol–water partition coefficient (Wildman–Crippen LogP) is 2.69. The van der Waals surface area contributed by atoms with Crippen LogP contribution in [-0.4, -0.2) is 47.7 Å². The molecule has 7 atom stereocenters. The smallest absolute Gasteiger partial charge is 0.331 e. The zero-order chi connectivity index (χ0) is 18.7. The number of aliphatic hydroxyl groups is 1. The highest BCUT2D eigenvalue weighted by molar-refractivity contribution is 5.82. The van der Waals surface area contributed by atoms with Gasteiger partial charge in [0.2, 0.25) is 0 Å². The zero-order valence-electron chi connectivity index (χ0n) is 15.9. The molecule has 2 bridgehead atoms. The molecule has 0 aromatic heterocycles. The van der Waals surface area contributed by atoms with Gasteiger partial charge in [0.15, 0.2) is 0 Å². The van der Waals surface area contributed by atoms with Crippen molar-refractivity contribution < 1.29 is 24.1 Å². The fraction of sp³-hybridized carbons (Fsp3) is 0.667. The van der Waals surface area contributed by atoms with Gasteiger partial charge in [-0.3, -0.25) is 0 Å². The first kappa shape index (κ1) is 18.0. The maximum atomic E-state index is 12.4. The molecule has 5 heteroatoms. The van der Waals surface area contributed by atoms with Crippen LogP contribution in [0.25, 0.3) is 0 Å². The average molecular weight is 360 g/mol. The van der Waals surface area contributed by atoms with Crippen molar-refractivity contribution in [3.8, 4) is 0 Å². The third kappa shape index (κ3) is 2.11. The number of aliphatic hydroxyl groups excluding tert-OH is 1. The van der Waals surface area contributed by atoms with Crippen LogP contribution in [-0.2, 0) is 19.0 Å². The number of carbonyl (C=O) groups is 1. The zero-order valence-corrected chi connectivity index (χ0v) is 15.9. The van der Waals surface area contributed by atoms with Crippen LogP contribution in [0.15, 0.2) is 36.0 Å². The van der Waals surface area contributed by atoms with Crippen molar-refractivity contribution in [2.45, 2.75) is 70.6 Å². The Labute approximate surface area is 154 Å². The lowest BCUT2D eigenvalue weighted by molar-refractivity contribution is -0.210. The van der Waals surface area contributed by atoms with Crippen molar-refractivity contribution in [2.24, 2.45) is 10.8 Å². The quantitative estimate of drug-likeness (QED) is 0.276. The third-order valence-electron chi connectivity index (χ3n) is 7.34. The molecule has 142 valence electrons. The van der Waals surface area contributed by atoms with Crippen molar-refractivity contribution in [3.63, 3.8) is 0 Å². The lowest BCUT2D eigenvalue weighted by Crippen LogP contribution is -2.63. The Bertz CT molecular complexity index is 703. The molecule has 0 radical (unpaired) electrons. The molecule has 26 heavy (non-hydrogen) atoms. The van der Waals surface area contributed by atoms with Crippen LogP contribution in [0.5, 0.6) is 0 Å². The lowest BCUT2D eigenvalue weighted by atomic mass is 9.52. The van der Waals surface area contributed by atoms with E-state index in [9.17, 15) is 9.90 Å². The van der Waals surface area contributed by atoms with Gasteiger partial charge in [-0.1, -0.05) is 43.7 Å². The van der Waals surface area contributed by atoms with E-state index in [1.807, 2.05) is 13.0 Å². The first-order valence-electron chi connectivity index (χ1n) is 9.45. The van der Waals surface area contributed by atoms with Gasteiger partial charge in [0.05, 0.1) is 12.7 Å². The van der Waals surface area contributed by atoms with E-state index in [0.717, 1.165) is 12.8 Å². The molecule has 4 rings (SSSR count). The molecule has 0 aromatic rings. The van der Waals surface area contributed by atoms with Crippen LogP contribution in [0.2, 0.25) is 0 Å². The summed E-state index contributed by atoms with van der Waals surface area (Å²) in [6.45, 7) is 8.84. The summed E-state index contributed by atoms with van der Waals surface area (Å²) in [5.41, 5.74) is -0.0293. The minimum Gasteiger partial charge on any atom is -0.456 e. The Hall–Kier alpha value is -1.43. The number of epoxide rings is 1. The molecule has 0 amide bonds. The highest BCUT2D eigenvalue weighted by Gasteiger charge is 2.84. The van der Waals surface area contributed by atoms with Crippen molar-refractivity contribution in [2.75, 3.05) is 6.61 Å². The first-order valence-corrected chi connectivity index (χ1v) is 9.45. The van der Waals surface area contributed by atoms with E-state index in [0.29, 0.717) is 6.61 Å². The number of ether oxygens (including phenoxy) is 3. The Kier molecular flexibility index (Phi) is 3.99. The van der Waals surface area contributed by atoms with Crippen molar-refractivity contribution in [1.29, 1.82) is 0 Å². The van der Waals surface area contributed by atoms with Crippen LogP contribution in [0.4, 0.5) is 0 Å². The van der Waals surface area contributed by atoms with Crippen LogP contribution in [0.3, 0.4) is 0 Å². The fourth-order valence-corrected chi connectivity index (χ4v) is 5.48. The highest BCUT2D eigenvalue weighted by atomic mass is 16.6. The van der Waals surface area contributed by atoms with Crippen LogP contribution < -0.4 is 0 Å². The van der Waals surface area contributed by atoms with E-state index >= 15 is 0 Å². The number of fused-ring (bicyclic) bond motifs is 2.